The highest BCUT2D eigenvalue weighted by atomic mass is 19.1. The van der Waals surface area contributed by atoms with Crippen molar-refractivity contribution in [3.8, 4) is 5.75 Å². The normalized spacial score (nSPS) is 12.8. The van der Waals surface area contributed by atoms with E-state index >= 15 is 0 Å². The number of phenolic OH excluding ortho intramolecular Hbond substituents is 1. The molecule has 0 unspecified atom stereocenters. The van der Waals surface area contributed by atoms with Crippen LogP contribution in [0.25, 0.3) is 0 Å². The topological polar surface area (TPSA) is 46.2 Å². The predicted molar refractivity (Wildman–Crippen MR) is 49.9 cm³/mol. The first-order valence-electron chi connectivity index (χ1n) is 4.39. The maximum Gasteiger partial charge on any atom is 0.123 e. The molecule has 3 N–H and O–H groups in total. The highest BCUT2D eigenvalue weighted by Gasteiger charge is 2.10. The summed E-state index contributed by atoms with van der Waals surface area (Å²) < 4.78 is 12.8. The van der Waals surface area contributed by atoms with Crippen LogP contribution >= 0.6 is 0 Å². The first-order chi connectivity index (χ1) is 6.15. The van der Waals surface area contributed by atoms with Gasteiger partial charge in [-0.3, -0.25) is 0 Å². The third-order valence-corrected chi connectivity index (χ3v) is 1.99. The van der Waals surface area contributed by atoms with Gasteiger partial charge in [0.15, 0.2) is 0 Å². The van der Waals surface area contributed by atoms with Crippen LogP contribution in [0, 0.1) is 5.82 Å². The molecule has 0 aliphatic heterocycles. The molecule has 0 saturated heterocycles. The van der Waals surface area contributed by atoms with Crippen LogP contribution in [0.3, 0.4) is 0 Å². The minimum atomic E-state index is -0.362. The highest BCUT2D eigenvalue weighted by molar-refractivity contribution is 5.34. The Morgan fingerprint density at radius 3 is 2.85 bits per heavy atom. The minimum absolute atomic E-state index is 0.0716. The number of halogens is 1. The van der Waals surface area contributed by atoms with Gasteiger partial charge in [-0.2, -0.15) is 0 Å². The van der Waals surface area contributed by atoms with Crippen molar-refractivity contribution < 1.29 is 9.50 Å². The van der Waals surface area contributed by atoms with Gasteiger partial charge < -0.3 is 10.8 Å². The van der Waals surface area contributed by atoms with E-state index in [0.717, 1.165) is 12.8 Å². The third kappa shape index (κ3) is 2.42. The number of nitrogens with two attached hydrogens (primary N) is 1. The Morgan fingerprint density at radius 2 is 2.23 bits per heavy atom. The van der Waals surface area contributed by atoms with Gasteiger partial charge in [0.2, 0.25) is 0 Å². The van der Waals surface area contributed by atoms with Crippen molar-refractivity contribution in [1.29, 1.82) is 0 Å². The first kappa shape index (κ1) is 9.99. The summed E-state index contributed by atoms with van der Waals surface area (Å²) in [4.78, 5) is 0. The van der Waals surface area contributed by atoms with Gasteiger partial charge in [0.25, 0.3) is 0 Å². The fourth-order valence-electron chi connectivity index (χ4n) is 1.29. The molecule has 0 saturated carbocycles. The van der Waals surface area contributed by atoms with E-state index in [1.54, 1.807) is 0 Å². The Bertz CT molecular complexity index is 288. The monoisotopic (exact) mass is 183 g/mol. The van der Waals surface area contributed by atoms with Crippen LogP contribution in [0.1, 0.15) is 31.4 Å². The van der Waals surface area contributed by atoms with E-state index < -0.39 is 0 Å². The van der Waals surface area contributed by atoms with Gasteiger partial charge in [-0.1, -0.05) is 13.3 Å². The maximum absolute atomic E-state index is 12.8. The number of hydrogen-bond acceptors (Lipinski definition) is 2. The Morgan fingerprint density at radius 1 is 1.54 bits per heavy atom. The highest BCUT2D eigenvalue weighted by Crippen LogP contribution is 2.25. The van der Waals surface area contributed by atoms with Crippen molar-refractivity contribution in [2.45, 2.75) is 25.8 Å². The lowest BCUT2D eigenvalue weighted by atomic mass is 10.0. The molecule has 1 rings (SSSR count). The standard InChI is InChI=1S/C10H14FNO/c1-2-3-9(12)8-6-7(11)4-5-10(8)13/h4-6,9,13H,2-3,12H2,1H3/t9-/m0/s1. The van der Waals surface area contributed by atoms with Gasteiger partial charge in [0, 0.05) is 11.6 Å². The van der Waals surface area contributed by atoms with Crippen LogP contribution in [-0.2, 0) is 0 Å². The van der Waals surface area contributed by atoms with Crippen molar-refractivity contribution in [2.24, 2.45) is 5.73 Å². The van der Waals surface area contributed by atoms with E-state index in [2.05, 4.69) is 0 Å². The lowest BCUT2D eigenvalue weighted by Gasteiger charge is -2.12. The maximum atomic E-state index is 12.8. The van der Waals surface area contributed by atoms with E-state index in [0.29, 0.717) is 5.56 Å². The summed E-state index contributed by atoms with van der Waals surface area (Å²) in [5, 5.41) is 9.39. The second kappa shape index (κ2) is 4.23. The quantitative estimate of drug-likeness (QED) is 0.755. The zero-order valence-corrected chi connectivity index (χ0v) is 7.63. The molecule has 3 heteroatoms. The molecule has 0 spiro atoms. The molecule has 0 aromatic heterocycles. The Labute approximate surface area is 77.2 Å². The van der Waals surface area contributed by atoms with Crippen LogP contribution < -0.4 is 5.73 Å². The van der Waals surface area contributed by atoms with Crippen molar-refractivity contribution >= 4 is 0 Å². The molecule has 1 aromatic carbocycles. The van der Waals surface area contributed by atoms with Crippen molar-refractivity contribution in [1.82, 2.24) is 0 Å². The number of benzene rings is 1. The molecule has 2 nitrogen and oxygen atoms in total. The molecule has 0 amide bonds. The number of aromatic hydroxyl groups is 1. The average Bonchev–Trinajstić information content (AvgIpc) is 2.09. The molecule has 0 fully saturated rings. The fourth-order valence-corrected chi connectivity index (χ4v) is 1.29. The summed E-state index contributed by atoms with van der Waals surface area (Å²) >= 11 is 0. The molecule has 0 aliphatic carbocycles. The zero-order valence-electron chi connectivity index (χ0n) is 7.63. The van der Waals surface area contributed by atoms with E-state index in [1.807, 2.05) is 6.92 Å². The molecule has 0 aliphatic rings. The summed E-state index contributed by atoms with van der Waals surface area (Å²) in [7, 11) is 0. The van der Waals surface area contributed by atoms with Gasteiger partial charge >= 0.3 is 0 Å². The van der Waals surface area contributed by atoms with Crippen molar-refractivity contribution in [3.05, 3.63) is 29.6 Å². The summed E-state index contributed by atoms with van der Waals surface area (Å²) in [6, 6.07) is 3.56. The Kier molecular flexibility index (Phi) is 3.25. The van der Waals surface area contributed by atoms with E-state index in [1.165, 1.54) is 18.2 Å². The van der Waals surface area contributed by atoms with Crippen LogP contribution in [0.15, 0.2) is 18.2 Å². The third-order valence-electron chi connectivity index (χ3n) is 1.99. The molecule has 72 valence electrons. The predicted octanol–water partition coefficient (Wildman–Crippen LogP) is 2.33. The van der Waals surface area contributed by atoms with Crippen LogP contribution in [0.4, 0.5) is 4.39 Å². The van der Waals surface area contributed by atoms with Gasteiger partial charge in [-0.05, 0) is 24.6 Å². The summed E-state index contributed by atoms with van der Waals surface area (Å²) in [5.74, 6) is -0.290. The smallest absolute Gasteiger partial charge is 0.123 e. The lowest BCUT2D eigenvalue weighted by Crippen LogP contribution is -2.10. The molecule has 1 aromatic rings. The first-order valence-corrected chi connectivity index (χ1v) is 4.39. The zero-order chi connectivity index (χ0) is 9.84. The average molecular weight is 183 g/mol. The fraction of sp³-hybridized carbons (Fsp3) is 0.400. The second-order valence-electron chi connectivity index (χ2n) is 3.10. The van der Waals surface area contributed by atoms with Gasteiger partial charge in [0.05, 0.1) is 0 Å². The largest absolute Gasteiger partial charge is 0.508 e. The van der Waals surface area contributed by atoms with Gasteiger partial charge in [-0.15, -0.1) is 0 Å². The number of phenols is 1. The van der Waals surface area contributed by atoms with Crippen molar-refractivity contribution in [2.75, 3.05) is 0 Å². The minimum Gasteiger partial charge on any atom is -0.508 e. The van der Waals surface area contributed by atoms with Crippen molar-refractivity contribution in [3.63, 3.8) is 0 Å². The lowest BCUT2D eigenvalue weighted by molar-refractivity contribution is 0.455. The molecule has 1 atom stereocenters. The Hall–Kier alpha value is -1.09. The molecular formula is C10H14FNO. The van der Waals surface area contributed by atoms with Gasteiger partial charge in [0.1, 0.15) is 11.6 Å². The Balaban J connectivity index is 2.91. The molecule has 13 heavy (non-hydrogen) atoms. The molecule has 0 radical (unpaired) electrons. The number of rotatable bonds is 3. The van der Waals surface area contributed by atoms with E-state index in [4.69, 9.17) is 5.73 Å². The molecular weight excluding hydrogens is 169 g/mol. The summed E-state index contributed by atoms with van der Waals surface area (Å²) in [6.45, 7) is 2.00. The van der Waals surface area contributed by atoms with E-state index in [9.17, 15) is 9.50 Å². The summed E-state index contributed by atoms with van der Waals surface area (Å²) in [5.41, 5.74) is 6.24. The van der Waals surface area contributed by atoms with Crippen LogP contribution in [0.5, 0.6) is 5.75 Å². The number of hydrogen-bond donors (Lipinski definition) is 2. The van der Waals surface area contributed by atoms with Crippen LogP contribution in [0.2, 0.25) is 0 Å². The SMILES string of the molecule is CCC[C@H](N)c1cc(F)ccc1O. The second-order valence-corrected chi connectivity index (χ2v) is 3.10. The van der Waals surface area contributed by atoms with E-state index in [-0.39, 0.29) is 17.6 Å². The van der Waals surface area contributed by atoms with Crippen LogP contribution in [-0.4, -0.2) is 5.11 Å². The molecule has 0 bridgehead atoms. The summed E-state index contributed by atoms with van der Waals surface area (Å²) in [6.07, 6.45) is 1.66. The van der Waals surface area contributed by atoms with Gasteiger partial charge in [-0.25, -0.2) is 4.39 Å². The molecule has 0 heterocycles.